The normalized spacial score (nSPS) is 10.7. The number of carboxylic acids is 1. The van der Waals surface area contributed by atoms with Gasteiger partial charge in [0.2, 0.25) is 0 Å². The van der Waals surface area contributed by atoms with Crippen LogP contribution >= 0.6 is 0 Å². The summed E-state index contributed by atoms with van der Waals surface area (Å²) in [5.74, 6) is -0.796. The van der Waals surface area contributed by atoms with Gasteiger partial charge in [-0.3, -0.25) is 14.9 Å². The quantitative estimate of drug-likeness (QED) is 0.521. The van der Waals surface area contributed by atoms with Gasteiger partial charge in [-0.05, 0) is 26.3 Å². The first kappa shape index (κ1) is 18.2. The van der Waals surface area contributed by atoms with Crippen LogP contribution < -0.4 is 15.4 Å². The molecule has 3 N–H and O–H groups in total. The van der Waals surface area contributed by atoms with Crippen LogP contribution in [-0.2, 0) is 4.79 Å². The molecular formula is C14H19N3O6. The number of nitrogens with zero attached hydrogens (tertiary/aromatic N) is 1. The van der Waals surface area contributed by atoms with Gasteiger partial charge in [-0.1, -0.05) is 0 Å². The summed E-state index contributed by atoms with van der Waals surface area (Å²) < 4.78 is 5.02. The highest BCUT2D eigenvalue weighted by Gasteiger charge is 2.22. The van der Waals surface area contributed by atoms with Crippen molar-refractivity contribution >= 4 is 23.4 Å². The Balaban J connectivity index is 2.77. The molecule has 1 aromatic carbocycles. The second-order valence-electron chi connectivity index (χ2n) is 5.50. The van der Waals surface area contributed by atoms with Crippen molar-refractivity contribution < 1.29 is 24.4 Å². The van der Waals surface area contributed by atoms with Crippen molar-refractivity contribution in [2.45, 2.75) is 32.2 Å². The number of benzene rings is 1. The van der Waals surface area contributed by atoms with Crippen LogP contribution in [0.5, 0.6) is 5.75 Å². The summed E-state index contributed by atoms with van der Waals surface area (Å²) in [6, 6.07) is 3.24. The number of carbonyl (C=O) groups excluding carboxylic acids is 1. The van der Waals surface area contributed by atoms with Crippen LogP contribution in [0.25, 0.3) is 0 Å². The molecule has 0 fully saturated rings. The van der Waals surface area contributed by atoms with E-state index >= 15 is 0 Å². The molecule has 0 saturated carbocycles. The number of carboxylic acid groups (broad SMARTS) is 1. The Kier molecular flexibility index (Phi) is 5.88. The molecule has 0 aromatic heterocycles. The van der Waals surface area contributed by atoms with Crippen molar-refractivity contribution in [2.75, 3.05) is 12.4 Å². The number of nitrogens with one attached hydrogen (secondary N) is 2. The monoisotopic (exact) mass is 325 g/mol. The Labute approximate surface area is 132 Å². The highest BCUT2D eigenvalue weighted by Crippen LogP contribution is 2.29. The summed E-state index contributed by atoms with van der Waals surface area (Å²) in [6.07, 6.45) is 0.182. The average Bonchev–Trinajstić information content (AvgIpc) is 2.44. The first-order chi connectivity index (χ1) is 10.6. The number of aliphatic carboxylic acids is 1. The fraction of sp³-hybridized carbons (Fsp3) is 0.429. The maximum atomic E-state index is 12.0. The lowest BCUT2D eigenvalue weighted by Crippen LogP contribution is -2.45. The van der Waals surface area contributed by atoms with Crippen molar-refractivity contribution in [3.05, 3.63) is 28.3 Å². The molecule has 9 heteroatoms. The van der Waals surface area contributed by atoms with Gasteiger partial charge < -0.3 is 20.5 Å². The standard InChI is InChI=1S/C14H19N3O6/c1-14(2,7-6-12(18)19)16-13(20)15-10-5-4-9(17(21)22)8-11(10)23-3/h4-5,8H,6-7H2,1-3H3,(H,18,19)(H2,15,16,20). The smallest absolute Gasteiger partial charge is 0.319 e. The molecule has 2 amide bonds. The SMILES string of the molecule is COc1cc([N+](=O)[O-])ccc1NC(=O)NC(C)(C)CCC(=O)O. The van der Waals surface area contributed by atoms with Crippen molar-refractivity contribution in [3.63, 3.8) is 0 Å². The summed E-state index contributed by atoms with van der Waals surface area (Å²) in [5, 5.41) is 24.6. The van der Waals surface area contributed by atoms with E-state index in [-0.39, 0.29) is 30.0 Å². The fourth-order valence-corrected chi connectivity index (χ4v) is 1.84. The molecule has 126 valence electrons. The number of ether oxygens (including phenoxy) is 1. The number of anilines is 1. The van der Waals surface area contributed by atoms with Gasteiger partial charge in [0.25, 0.3) is 5.69 Å². The number of non-ortho nitro benzene ring substituents is 1. The number of nitro benzene ring substituents is 1. The molecular weight excluding hydrogens is 306 g/mol. The number of hydrogen-bond donors (Lipinski definition) is 3. The topological polar surface area (TPSA) is 131 Å². The van der Waals surface area contributed by atoms with E-state index in [1.165, 1.54) is 25.3 Å². The molecule has 1 aromatic rings. The zero-order chi connectivity index (χ0) is 17.6. The zero-order valence-electron chi connectivity index (χ0n) is 13.1. The van der Waals surface area contributed by atoms with Crippen LogP contribution in [-0.4, -0.2) is 34.7 Å². The van der Waals surface area contributed by atoms with Gasteiger partial charge in [0, 0.05) is 18.0 Å². The largest absolute Gasteiger partial charge is 0.494 e. The van der Waals surface area contributed by atoms with Crippen LogP contribution in [0.4, 0.5) is 16.2 Å². The maximum Gasteiger partial charge on any atom is 0.319 e. The molecule has 23 heavy (non-hydrogen) atoms. The van der Waals surface area contributed by atoms with E-state index in [0.29, 0.717) is 0 Å². The van der Waals surface area contributed by atoms with Crippen LogP contribution in [0.2, 0.25) is 0 Å². The van der Waals surface area contributed by atoms with Crippen LogP contribution in [0.15, 0.2) is 18.2 Å². The summed E-state index contributed by atoms with van der Waals surface area (Å²) in [4.78, 5) is 32.7. The average molecular weight is 325 g/mol. The fourth-order valence-electron chi connectivity index (χ4n) is 1.84. The second kappa shape index (κ2) is 7.43. The highest BCUT2D eigenvalue weighted by atomic mass is 16.6. The first-order valence-corrected chi connectivity index (χ1v) is 6.78. The van der Waals surface area contributed by atoms with Crippen LogP contribution in [0.1, 0.15) is 26.7 Å². The molecule has 0 aliphatic rings. The lowest BCUT2D eigenvalue weighted by Gasteiger charge is -2.25. The molecule has 9 nitrogen and oxygen atoms in total. The number of carbonyl (C=O) groups is 2. The van der Waals surface area contributed by atoms with Gasteiger partial charge >= 0.3 is 12.0 Å². The Morgan fingerprint density at radius 3 is 2.57 bits per heavy atom. The van der Waals surface area contributed by atoms with E-state index in [1.807, 2.05) is 0 Å². The highest BCUT2D eigenvalue weighted by molar-refractivity contribution is 5.91. The third-order valence-corrected chi connectivity index (χ3v) is 3.06. The summed E-state index contributed by atoms with van der Waals surface area (Å²) in [6.45, 7) is 3.39. The summed E-state index contributed by atoms with van der Waals surface area (Å²) in [5.41, 5.74) is -0.615. The molecule has 0 heterocycles. The number of hydrogen-bond acceptors (Lipinski definition) is 5. The van der Waals surface area contributed by atoms with Gasteiger partial charge in [0.05, 0.1) is 23.8 Å². The number of methoxy groups -OCH3 is 1. The van der Waals surface area contributed by atoms with E-state index in [1.54, 1.807) is 13.8 Å². The van der Waals surface area contributed by atoms with Crippen LogP contribution in [0.3, 0.4) is 0 Å². The molecule has 0 unspecified atom stereocenters. The maximum absolute atomic E-state index is 12.0. The molecule has 1 rings (SSSR count). The van der Waals surface area contributed by atoms with Gasteiger partial charge in [0.1, 0.15) is 5.75 Å². The molecule has 0 spiro atoms. The molecule has 0 radical (unpaired) electrons. The van der Waals surface area contributed by atoms with E-state index in [0.717, 1.165) is 0 Å². The minimum atomic E-state index is -0.947. The summed E-state index contributed by atoms with van der Waals surface area (Å²) >= 11 is 0. The molecule has 0 bridgehead atoms. The van der Waals surface area contributed by atoms with E-state index < -0.39 is 22.5 Å². The number of rotatable bonds is 7. The first-order valence-electron chi connectivity index (χ1n) is 6.78. The zero-order valence-corrected chi connectivity index (χ0v) is 13.1. The second-order valence-corrected chi connectivity index (χ2v) is 5.50. The van der Waals surface area contributed by atoms with Gasteiger partial charge in [-0.15, -0.1) is 0 Å². The van der Waals surface area contributed by atoms with Crippen molar-refractivity contribution in [1.29, 1.82) is 0 Å². The van der Waals surface area contributed by atoms with Gasteiger partial charge in [-0.25, -0.2) is 4.79 Å². The minimum absolute atomic E-state index is 0.0753. The molecule has 0 aliphatic heterocycles. The Morgan fingerprint density at radius 1 is 1.39 bits per heavy atom. The van der Waals surface area contributed by atoms with Crippen molar-refractivity contribution in [2.24, 2.45) is 0 Å². The van der Waals surface area contributed by atoms with Crippen LogP contribution in [0, 0.1) is 10.1 Å². The van der Waals surface area contributed by atoms with Crippen molar-refractivity contribution in [1.82, 2.24) is 5.32 Å². The lowest BCUT2D eigenvalue weighted by atomic mass is 9.99. The van der Waals surface area contributed by atoms with Gasteiger partial charge in [-0.2, -0.15) is 0 Å². The van der Waals surface area contributed by atoms with E-state index in [4.69, 9.17) is 9.84 Å². The predicted molar refractivity (Wildman–Crippen MR) is 82.8 cm³/mol. The third kappa shape index (κ3) is 5.81. The lowest BCUT2D eigenvalue weighted by molar-refractivity contribution is -0.384. The number of amides is 2. The van der Waals surface area contributed by atoms with E-state index in [2.05, 4.69) is 10.6 Å². The third-order valence-electron chi connectivity index (χ3n) is 3.06. The number of urea groups is 1. The number of nitro groups is 1. The summed E-state index contributed by atoms with van der Waals surface area (Å²) in [7, 11) is 1.33. The Hall–Kier alpha value is -2.84. The Bertz CT molecular complexity index is 615. The van der Waals surface area contributed by atoms with Crippen molar-refractivity contribution in [3.8, 4) is 5.75 Å². The van der Waals surface area contributed by atoms with Gasteiger partial charge in [0.15, 0.2) is 0 Å². The predicted octanol–water partition coefficient (Wildman–Crippen LogP) is 2.37. The minimum Gasteiger partial charge on any atom is -0.494 e. The molecule has 0 saturated heterocycles. The van der Waals surface area contributed by atoms with E-state index in [9.17, 15) is 19.7 Å². The molecule has 0 aliphatic carbocycles. The Morgan fingerprint density at radius 2 is 2.04 bits per heavy atom. The molecule has 0 atom stereocenters.